The summed E-state index contributed by atoms with van der Waals surface area (Å²) in [5.41, 5.74) is 2.63. The molecular weight excluding hydrogens is 664 g/mol. The molecule has 4 aliphatic heterocycles. The number of carbonyl (C=O) groups is 3. The van der Waals surface area contributed by atoms with E-state index in [1.54, 1.807) is 13.8 Å². The summed E-state index contributed by atoms with van der Waals surface area (Å²) < 4.78 is 25.1. The van der Waals surface area contributed by atoms with Crippen LogP contribution in [-0.2, 0) is 30.9 Å². The lowest BCUT2D eigenvalue weighted by molar-refractivity contribution is -0.136. The van der Waals surface area contributed by atoms with Crippen LogP contribution in [0.5, 0.6) is 5.75 Å². The topological polar surface area (TPSA) is 161 Å². The predicted octanol–water partition coefficient (Wildman–Crippen LogP) is 5.22. The molecule has 3 aromatic rings. The molecule has 6 atom stereocenters. The first-order valence-corrected chi connectivity index (χ1v) is 17.9. The molecule has 1 aromatic heterocycles. The Bertz CT molecular complexity index is 1990. The summed E-state index contributed by atoms with van der Waals surface area (Å²) in [5, 5.41) is 20.3. The number of ether oxygens (including phenoxy) is 3. The van der Waals surface area contributed by atoms with E-state index in [4.69, 9.17) is 18.6 Å². The van der Waals surface area contributed by atoms with Crippen LogP contribution in [0.15, 0.2) is 70.7 Å². The van der Waals surface area contributed by atoms with Gasteiger partial charge in [0.1, 0.15) is 41.1 Å². The minimum Gasteiger partial charge on any atom is -0.469 e. The summed E-state index contributed by atoms with van der Waals surface area (Å²) in [6, 6.07) is 12.4. The number of hydrogen-bond acceptors (Lipinski definition) is 10. The number of rotatable bonds is 5. The molecule has 12 nitrogen and oxygen atoms in total. The van der Waals surface area contributed by atoms with Crippen molar-refractivity contribution in [2.75, 3.05) is 12.4 Å². The van der Waals surface area contributed by atoms with E-state index < -0.39 is 47.1 Å². The van der Waals surface area contributed by atoms with Gasteiger partial charge in [0.15, 0.2) is 11.9 Å². The highest BCUT2D eigenvalue weighted by atomic mass is 16.5. The monoisotopic (exact) mass is 710 g/mol. The number of oxazole rings is 1. The molecule has 1 spiro atoms. The number of nitrogens with one attached hydrogen (secondary N) is 3. The zero-order valence-electron chi connectivity index (χ0n) is 30.5. The van der Waals surface area contributed by atoms with Gasteiger partial charge in [-0.25, -0.2) is 9.78 Å². The zero-order valence-corrected chi connectivity index (χ0v) is 30.5. The second-order valence-electron chi connectivity index (χ2n) is 15.5. The number of benzene rings is 2. The summed E-state index contributed by atoms with van der Waals surface area (Å²) in [6.45, 7) is 11.6. The van der Waals surface area contributed by atoms with Crippen LogP contribution in [0.25, 0.3) is 5.57 Å². The number of para-hydroxylation sites is 1. The number of nitrogens with zero attached hydrogens (tertiary/aromatic N) is 1. The smallest absolute Gasteiger partial charge is 0.360 e. The summed E-state index contributed by atoms with van der Waals surface area (Å²) >= 11 is 0. The molecule has 0 fully saturated rings. The Morgan fingerprint density at radius 2 is 1.88 bits per heavy atom. The minimum absolute atomic E-state index is 0.0275. The number of aromatic nitrogens is 1. The maximum absolute atomic E-state index is 14.3. The van der Waals surface area contributed by atoms with Gasteiger partial charge in [-0.1, -0.05) is 71.9 Å². The van der Waals surface area contributed by atoms with Crippen molar-refractivity contribution in [1.29, 1.82) is 0 Å². The summed E-state index contributed by atoms with van der Waals surface area (Å²) in [7, 11) is 1.29. The van der Waals surface area contributed by atoms with Gasteiger partial charge in [-0.2, -0.15) is 0 Å². The predicted molar refractivity (Wildman–Crippen MR) is 192 cm³/mol. The number of fused-ring (bicyclic) bond motifs is 4. The lowest BCUT2D eigenvalue weighted by Gasteiger charge is -2.37. The quantitative estimate of drug-likeness (QED) is 0.259. The van der Waals surface area contributed by atoms with Crippen LogP contribution in [0, 0.1) is 17.3 Å². The second-order valence-corrected chi connectivity index (χ2v) is 15.5. The van der Waals surface area contributed by atoms with Crippen LogP contribution in [0.2, 0.25) is 0 Å². The highest BCUT2D eigenvalue weighted by Crippen LogP contribution is 2.60. The van der Waals surface area contributed by atoms with Gasteiger partial charge >= 0.3 is 5.97 Å². The normalized spacial score (nSPS) is 25.7. The molecule has 5 heterocycles. The molecule has 0 aliphatic carbocycles. The molecule has 274 valence electrons. The Morgan fingerprint density at radius 1 is 1.12 bits per heavy atom. The molecule has 4 aliphatic rings. The van der Waals surface area contributed by atoms with Crippen LogP contribution >= 0.6 is 0 Å². The molecule has 4 bridgehead atoms. The van der Waals surface area contributed by atoms with E-state index in [9.17, 15) is 19.5 Å². The number of anilines is 1. The fourth-order valence-corrected chi connectivity index (χ4v) is 7.70. The van der Waals surface area contributed by atoms with E-state index in [-0.39, 0.29) is 35.7 Å². The van der Waals surface area contributed by atoms with Gasteiger partial charge in [-0.05, 0) is 65.8 Å². The first-order valence-electron chi connectivity index (χ1n) is 17.9. The highest BCUT2D eigenvalue weighted by Gasteiger charge is 2.61. The Hall–Kier alpha value is -5.10. The molecule has 0 saturated carbocycles. The molecular formula is C40H46N4O8. The minimum atomic E-state index is -1.27. The third kappa shape index (κ3) is 5.82. The van der Waals surface area contributed by atoms with Crippen molar-refractivity contribution >= 4 is 29.0 Å². The number of amides is 2. The van der Waals surface area contributed by atoms with Gasteiger partial charge < -0.3 is 39.7 Å². The van der Waals surface area contributed by atoms with Crippen molar-refractivity contribution in [1.82, 2.24) is 15.6 Å². The van der Waals surface area contributed by atoms with Crippen molar-refractivity contribution in [3.8, 4) is 5.75 Å². The lowest BCUT2D eigenvalue weighted by atomic mass is 9.71. The molecule has 2 amide bonds. The summed E-state index contributed by atoms with van der Waals surface area (Å²) in [4.78, 5) is 44.7. The van der Waals surface area contributed by atoms with E-state index in [0.29, 0.717) is 35.7 Å². The number of carbonyl (C=O) groups excluding carboxylic acids is 3. The van der Waals surface area contributed by atoms with Crippen LogP contribution in [0.3, 0.4) is 0 Å². The molecule has 12 heteroatoms. The number of aliphatic hydroxyl groups is 1. The molecule has 6 unspecified atom stereocenters. The van der Waals surface area contributed by atoms with E-state index >= 15 is 0 Å². The van der Waals surface area contributed by atoms with Crippen molar-refractivity contribution in [3.05, 3.63) is 94.6 Å². The van der Waals surface area contributed by atoms with Crippen molar-refractivity contribution < 1.29 is 38.1 Å². The molecule has 0 saturated heterocycles. The largest absolute Gasteiger partial charge is 0.469 e. The first kappa shape index (κ1) is 35.3. The molecule has 4 N–H and O–H groups in total. The average molecular weight is 711 g/mol. The van der Waals surface area contributed by atoms with Gasteiger partial charge in [-0.3, -0.25) is 9.59 Å². The van der Waals surface area contributed by atoms with Crippen molar-refractivity contribution in [3.63, 3.8) is 0 Å². The van der Waals surface area contributed by atoms with Crippen LogP contribution < -0.4 is 20.7 Å². The van der Waals surface area contributed by atoms with Crippen LogP contribution in [-0.4, -0.2) is 59.4 Å². The van der Waals surface area contributed by atoms with Gasteiger partial charge in [0.05, 0.1) is 18.7 Å². The first-order chi connectivity index (χ1) is 24.7. The highest BCUT2D eigenvalue weighted by molar-refractivity contribution is 5.90. The van der Waals surface area contributed by atoms with Gasteiger partial charge in [-0.15, -0.1) is 0 Å². The second kappa shape index (κ2) is 13.1. The number of allylic oxidation sites excluding steroid dienone is 2. The Morgan fingerprint density at radius 3 is 2.62 bits per heavy atom. The zero-order chi connectivity index (χ0) is 37.1. The van der Waals surface area contributed by atoms with E-state index in [1.165, 1.54) is 13.4 Å². The SMILES string of the molecule is COC(=O)c1coc(C2=C3OC(=CCC2C)C(C(C)(C)C)NC(=O)C(NC(=O)C(O)C(C)C)CCc2ccc4c(c2)C32c3ccccc3NC2O4)n1. The van der Waals surface area contributed by atoms with E-state index in [1.807, 2.05) is 64.1 Å². The third-order valence-electron chi connectivity index (χ3n) is 10.6. The lowest BCUT2D eigenvalue weighted by Crippen LogP contribution is -2.55. The molecule has 2 aromatic carbocycles. The molecule has 0 radical (unpaired) electrons. The number of aryl methyl sites for hydroxylation is 1. The van der Waals surface area contributed by atoms with Crippen LogP contribution in [0.4, 0.5) is 5.69 Å². The maximum atomic E-state index is 14.3. The molecule has 7 rings (SSSR count). The van der Waals surface area contributed by atoms with Gasteiger partial charge in [0.2, 0.25) is 17.7 Å². The van der Waals surface area contributed by atoms with E-state index in [2.05, 4.69) is 33.1 Å². The van der Waals surface area contributed by atoms with E-state index in [0.717, 1.165) is 22.4 Å². The number of methoxy groups -OCH3 is 1. The third-order valence-corrected chi connectivity index (χ3v) is 10.6. The van der Waals surface area contributed by atoms with Crippen LogP contribution in [0.1, 0.15) is 87.5 Å². The standard InChI is InChI=1S/C40H46N4O8/c1-20(2)31(45)35(47)41-26-15-13-22-14-17-28-24(18-22)40(23-10-8-9-11-25(23)43-38(40)52-28)33-30(36-42-27(19-50-36)37(48)49-7)21(3)12-16-29(51-33)32(39(4,5)6)44-34(26)46/h8-11,14,16-21,26,31-32,38,43,45H,12-13,15H2,1-7H3,(H,41,47)(H,44,46). The Balaban J connectivity index is 1.49. The average Bonchev–Trinajstić information content (AvgIpc) is 3.77. The maximum Gasteiger partial charge on any atom is 0.360 e. The molecule has 52 heavy (non-hydrogen) atoms. The number of aliphatic hydroxyl groups excluding tert-OH is 1. The number of esters is 1. The van der Waals surface area contributed by atoms with Gasteiger partial charge in [0.25, 0.3) is 0 Å². The Labute approximate surface area is 303 Å². The summed E-state index contributed by atoms with van der Waals surface area (Å²) in [6.07, 6.45) is 2.58. The van der Waals surface area contributed by atoms with Crippen molar-refractivity contribution in [2.45, 2.75) is 90.6 Å². The fraction of sp³-hybridized carbons (Fsp3) is 0.450. The van der Waals surface area contributed by atoms with Crippen molar-refractivity contribution in [2.24, 2.45) is 17.3 Å². The summed E-state index contributed by atoms with van der Waals surface area (Å²) in [5.74, 6) is -0.293. The van der Waals surface area contributed by atoms with Gasteiger partial charge in [0, 0.05) is 11.3 Å². The Kier molecular flexibility index (Phi) is 8.93. The fourth-order valence-electron chi connectivity index (χ4n) is 7.70. The number of hydrogen-bond donors (Lipinski definition) is 4.